The summed E-state index contributed by atoms with van der Waals surface area (Å²) in [5, 5.41) is 0. The molecule has 0 saturated carbocycles. The van der Waals surface area contributed by atoms with E-state index in [2.05, 4.69) is 4.98 Å². The minimum atomic E-state index is 0.191. The van der Waals surface area contributed by atoms with Crippen LogP contribution in [0.15, 0.2) is 24.4 Å². The maximum Gasteiger partial charge on any atom is 0.228 e. The maximum atomic E-state index is 12.4. The van der Waals surface area contributed by atoms with Crippen LogP contribution in [0.25, 0.3) is 0 Å². The largest absolute Gasteiger partial charge is 0.381 e. The van der Waals surface area contributed by atoms with Crippen molar-refractivity contribution in [3.63, 3.8) is 0 Å². The van der Waals surface area contributed by atoms with Crippen molar-refractivity contribution in [2.45, 2.75) is 36.5 Å². The van der Waals surface area contributed by atoms with Crippen molar-refractivity contribution in [3.8, 4) is 0 Å². The first kappa shape index (κ1) is 17.3. The third kappa shape index (κ3) is 4.18. The average molecular weight is 362 g/mol. The van der Waals surface area contributed by atoms with Crippen LogP contribution in [0.4, 0.5) is 0 Å². The van der Waals surface area contributed by atoms with E-state index in [1.54, 1.807) is 6.20 Å². The zero-order valence-electron chi connectivity index (χ0n) is 14.6. The predicted molar refractivity (Wildman–Crippen MR) is 97.6 cm³/mol. The molecule has 25 heavy (non-hydrogen) atoms. The van der Waals surface area contributed by atoms with Crippen molar-refractivity contribution >= 4 is 17.7 Å². The second kappa shape index (κ2) is 7.64. The second-order valence-corrected chi connectivity index (χ2v) is 8.94. The van der Waals surface area contributed by atoms with Crippen molar-refractivity contribution in [3.05, 3.63) is 30.1 Å². The SMILES string of the molecule is O=C(Cc1ccccn1)N1CC2(C[C@@H](OCC3CCOCC3)CS2)C1. The Bertz CT molecular complexity index is 586. The van der Waals surface area contributed by atoms with Gasteiger partial charge in [0.05, 0.1) is 17.3 Å². The zero-order valence-corrected chi connectivity index (χ0v) is 15.4. The van der Waals surface area contributed by atoms with Gasteiger partial charge in [-0.05, 0) is 37.3 Å². The van der Waals surface area contributed by atoms with Crippen LogP contribution in [0.5, 0.6) is 0 Å². The standard InChI is InChI=1S/C19H26N2O3S/c22-18(9-16-3-1-2-6-20-16)21-13-19(14-21)10-17(12-25-19)24-11-15-4-7-23-8-5-15/h1-3,6,15,17H,4-5,7-14H2/t17-/m1/s1. The highest BCUT2D eigenvalue weighted by Gasteiger charge is 2.50. The van der Waals surface area contributed by atoms with Gasteiger partial charge in [-0.3, -0.25) is 9.78 Å². The molecule has 0 radical (unpaired) electrons. The van der Waals surface area contributed by atoms with E-state index in [0.717, 1.165) is 63.6 Å². The van der Waals surface area contributed by atoms with Gasteiger partial charge in [-0.25, -0.2) is 0 Å². The number of amides is 1. The molecule has 4 rings (SSSR count). The molecular weight excluding hydrogens is 336 g/mol. The Morgan fingerprint density at radius 1 is 1.36 bits per heavy atom. The fourth-order valence-corrected chi connectivity index (χ4v) is 5.46. The Morgan fingerprint density at radius 3 is 2.96 bits per heavy atom. The average Bonchev–Trinajstić information content (AvgIpc) is 3.05. The van der Waals surface area contributed by atoms with Gasteiger partial charge in [0.15, 0.2) is 0 Å². The Kier molecular flexibility index (Phi) is 5.29. The van der Waals surface area contributed by atoms with Crippen molar-refractivity contribution in [2.24, 2.45) is 5.92 Å². The molecule has 3 saturated heterocycles. The molecule has 0 N–H and O–H groups in total. The maximum absolute atomic E-state index is 12.4. The number of thioether (sulfide) groups is 1. The highest BCUT2D eigenvalue weighted by Crippen LogP contribution is 2.46. The Balaban J connectivity index is 1.20. The number of nitrogens with zero attached hydrogens (tertiary/aromatic N) is 2. The number of pyridine rings is 1. The first-order valence-electron chi connectivity index (χ1n) is 9.23. The summed E-state index contributed by atoms with van der Waals surface area (Å²) < 4.78 is 11.8. The molecule has 5 nitrogen and oxygen atoms in total. The quantitative estimate of drug-likeness (QED) is 0.803. The van der Waals surface area contributed by atoms with Crippen LogP contribution in [0.3, 0.4) is 0 Å². The van der Waals surface area contributed by atoms with Crippen LogP contribution in [0.1, 0.15) is 25.0 Å². The van der Waals surface area contributed by atoms with Crippen LogP contribution in [0, 0.1) is 5.92 Å². The van der Waals surface area contributed by atoms with Crippen LogP contribution in [-0.4, -0.2) is 65.3 Å². The summed E-state index contributed by atoms with van der Waals surface area (Å²) in [5.74, 6) is 1.91. The van der Waals surface area contributed by atoms with Crippen LogP contribution < -0.4 is 0 Å². The molecule has 0 bridgehead atoms. The van der Waals surface area contributed by atoms with Gasteiger partial charge in [-0.1, -0.05) is 6.07 Å². The van der Waals surface area contributed by atoms with E-state index >= 15 is 0 Å². The topological polar surface area (TPSA) is 51.7 Å². The third-order valence-electron chi connectivity index (χ3n) is 5.45. The minimum Gasteiger partial charge on any atom is -0.381 e. The first-order valence-corrected chi connectivity index (χ1v) is 10.2. The Labute approximate surface area is 153 Å². The third-order valence-corrected chi connectivity index (χ3v) is 7.03. The monoisotopic (exact) mass is 362 g/mol. The smallest absolute Gasteiger partial charge is 0.228 e. The number of carbonyl (C=O) groups is 1. The van der Waals surface area contributed by atoms with E-state index in [0.29, 0.717) is 18.4 Å². The normalized spacial score (nSPS) is 25.9. The molecule has 1 atom stereocenters. The molecule has 1 spiro atoms. The number of hydrogen-bond donors (Lipinski definition) is 0. The van der Waals surface area contributed by atoms with Crippen molar-refractivity contribution in [1.82, 2.24) is 9.88 Å². The summed E-state index contributed by atoms with van der Waals surface area (Å²) in [7, 11) is 0. The Hall–Kier alpha value is -1.11. The molecule has 3 fully saturated rings. The van der Waals surface area contributed by atoms with E-state index in [1.807, 2.05) is 34.9 Å². The molecule has 4 heterocycles. The highest BCUT2D eigenvalue weighted by atomic mass is 32.2. The van der Waals surface area contributed by atoms with Crippen molar-refractivity contribution in [1.29, 1.82) is 0 Å². The lowest BCUT2D eigenvalue weighted by atomic mass is 9.92. The Morgan fingerprint density at radius 2 is 2.20 bits per heavy atom. The summed E-state index contributed by atoms with van der Waals surface area (Å²) in [6.07, 6.45) is 5.83. The lowest BCUT2D eigenvalue weighted by molar-refractivity contribution is -0.136. The fraction of sp³-hybridized carbons (Fsp3) is 0.684. The van der Waals surface area contributed by atoms with Gasteiger partial charge in [0, 0.05) is 50.6 Å². The number of ether oxygens (including phenoxy) is 2. The first-order chi connectivity index (χ1) is 12.2. The summed E-state index contributed by atoms with van der Waals surface area (Å²) in [6, 6.07) is 5.72. The van der Waals surface area contributed by atoms with E-state index in [1.165, 1.54) is 0 Å². The van der Waals surface area contributed by atoms with E-state index in [9.17, 15) is 4.79 Å². The van der Waals surface area contributed by atoms with Crippen LogP contribution in [0.2, 0.25) is 0 Å². The van der Waals surface area contributed by atoms with Crippen molar-refractivity contribution in [2.75, 3.05) is 38.7 Å². The molecule has 136 valence electrons. The van der Waals surface area contributed by atoms with Crippen molar-refractivity contribution < 1.29 is 14.3 Å². The number of hydrogen-bond acceptors (Lipinski definition) is 5. The summed E-state index contributed by atoms with van der Waals surface area (Å²) in [4.78, 5) is 18.6. The summed E-state index contributed by atoms with van der Waals surface area (Å²) in [5.41, 5.74) is 0.852. The molecule has 1 amide bonds. The van der Waals surface area contributed by atoms with E-state index < -0.39 is 0 Å². The van der Waals surface area contributed by atoms with Crippen LogP contribution >= 0.6 is 11.8 Å². The molecule has 3 aliphatic rings. The summed E-state index contributed by atoms with van der Waals surface area (Å²) in [6.45, 7) is 4.35. The zero-order chi connectivity index (χ0) is 17.1. The van der Waals surface area contributed by atoms with Gasteiger partial charge in [0.1, 0.15) is 0 Å². The lowest BCUT2D eigenvalue weighted by Crippen LogP contribution is -2.61. The molecule has 6 heteroatoms. The van der Waals surface area contributed by atoms with Gasteiger partial charge in [-0.15, -0.1) is 11.8 Å². The van der Waals surface area contributed by atoms with Gasteiger partial charge in [-0.2, -0.15) is 0 Å². The molecule has 0 unspecified atom stereocenters. The van der Waals surface area contributed by atoms with Crippen LogP contribution in [-0.2, 0) is 20.7 Å². The molecule has 3 aliphatic heterocycles. The van der Waals surface area contributed by atoms with E-state index in [4.69, 9.17) is 9.47 Å². The van der Waals surface area contributed by atoms with E-state index in [-0.39, 0.29) is 10.7 Å². The van der Waals surface area contributed by atoms with Gasteiger partial charge < -0.3 is 14.4 Å². The second-order valence-electron chi connectivity index (χ2n) is 7.46. The fourth-order valence-electron chi connectivity index (χ4n) is 3.91. The number of carbonyl (C=O) groups excluding carboxylic acids is 1. The molecule has 0 aliphatic carbocycles. The summed E-state index contributed by atoms with van der Waals surface area (Å²) >= 11 is 1.99. The number of aromatic nitrogens is 1. The molecule has 0 aromatic carbocycles. The molecule has 1 aromatic heterocycles. The lowest BCUT2D eigenvalue weighted by Gasteiger charge is -2.47. The van der Waals surface area contributed by atoms with Gasteiger partial charge in [0.25, 0.3) is 0 Å². The molecular formula is C19H26N2O3S. The predicted octanol–water partition coefficient (Wildman–Crippen LogP) is 2.15. The van der Waals surface area contributed by atoms with Gasteiger partial charge >= 0.3 is 0 Å². The number of likely N-dealkylation sites (tertiary alicyclic amines) is 1. The van der Waals surface area contributed by atoms with Gasteiger partial charge in [0.2, 0.25) is 5.91 Å². The number of rotatable bonds is 5. The molecule has 1 aromatic rings. The minimum absolute atomic E-state index is 0.191. The highest BCUT2D eigenvalue weighted by molar-refractivity contribution is 8.01.